The minimum absolute atomic E-state index is 0.0233. The molecule has 11 heteroatoms. The van der Waals surface area contributed by atoms with Crippen LogP contribution >= 0.6 is 11.8 Å². The molecule has 0 aliphatic heterocycles. The molecule has 0 spiro atoms. The van der Waals surface area contributed by atoms with E-state index in [0.717, 1.165) is 44.3 Å². The zero-order chi connectivity index (χ0) is 32.6. The first-order valence-electron chi connectivity index (χ1n) is 16.0. The Bertz CT molecular complexity index is 758. The van der Waals surface area contributed by atoms with E-state index >= 15 is 0 Å². The highest BCUT2D eigenvalue weighted by Gasteiger charge is 2.20. The molecule has 1 N–H and O–H groups in total. The van der Waals surface area contributed by atoms with Crippen LogP contribution in [0.4, 0.5) is 0 Å². The Morgan fingerprint density at radius 3 is 2.26 bits per heavy atom. The molecule has 0 bridgehead atoms. The maximum absolute atomic E-state index is 11.6. The number of hydrogen-bond donors (Lipinski definition) is 1. The van der Waals surface area contributed by atoms with Crippen LogP contribution in [0.1, 0.15) is 130 Å². The smallest absolute Gasteiger partial charge is 0.329 e. The van der Waals surface area contributed by atoms with Crippen molar-refractivity contribution < 1.29 is 33.8 Å². The van der Waals surface area contributed by atoms with Crippen molar-refractivity contribution in [1.82, 2.24) is 5.32 Å². The molecular weight excluding hydrogens is 572 g/mol. The van der Waals surface area contributed by atoms with Crippen molar-refractivity contribution in [3.8, 4) is 0 Å². The molecule has 1 aliphatic rings. The number of ether oxygens (including phenoxy) is 1. The van der Waals surface area contributed by atoms with E-state index < -0.39 is 17.1 Å². The van der Waals surface area contributed by atoms with Crippen LogP contribution in [0, 0.1) is 16.0 Å². The van der Waals surface area contributed by atoms with Crippen LogP contribution < -0.4 is 5.32 Å². The number of thioether (sulfide) groups is 1. The van der Waals surface area contributed by atoms with Crippen LogP contribution in [0.3, 0.4) is 0 Å². The van der Waals surface area contributed by atoms with Gasteiger partial charge in [-0.05, 0) is 57.6 Å². The van der Waals surface area contributed by atoms with Gasteiger partial charge in [0.15, 0.2) is 0 Å². The molecule has 1 amide bonds. The van der Waals surface area contributed by atoms with Gasteiger partial charge in [-0.2, -0.15) is 11.8 Å². The normalized spacial score (nSPS) is 13.2. The Morgan fingerprint density at radius 2 is 1.67 bits per heavy atom. The predicted molar refractivity (Wildman–Crippen MR) is 173 cm³/mol. The number of amides is 1. The van der Waals surface area contributed by atoms with Gasteiger partial charge in [-0.1, -0.05) is 70.4 Å². The number of rotatable bonds is 23. The van der Waals surface area contributed by atoms with Gasteiger partial charge in [0.2, 0.25) is 5.91 Å². The van der Waals surface area contributed by atoms with Crippen LogP contribution in [-0.4, -0.2) is 60.3 Å². The van der Waals surface area contributed by atoms with E-state index in [0.29, 0.717) is 30.8 Å². The highest BCUT2D eigenvalue weighted by Crippen LogP contribution is 2.28. The SMILES string of the molecule is C/C=C\CCCC=O.CCCCCCCC(=O)CCC1CCCC1.CSCC(NC(C)=O)C(=O)OCCCCO[N+](=O)[O-]. The molecule has 1 rings (SSSR count). The monoisotopic (exact) mass is 630 g/mol. The van der Waals surface area contributed by atoms with Gasteiger partial charge in [0, 0.05) is 31.9 Å². The molecule has 0 radical (unpaired) electrons. The number of allylic oxidation sites excluding steroid dienone is 2. The Balaban J connectivity index is 0. The van der Waals surface area contributed by atoms with Gasteiger partial charge >= 0.3 is 5.97 Å². The van der Waals surface area contributed by atoms with Gasteiger partial charge in [-0.3, -0.25) is 9.59 Å². The number of Topliss-reactive ketones (excluding diaryl/α,β-unsaturated/α-hetero) is 1. The fraction of sp³-hybridized carbons (Fsp3) is 0.812. The highest BCUT2D eigenvalue weighted by molar-refractivity contribution is 7.98. The first-order chi connectivity index (χ1) is 20.7. The summed E-state index contributed by atoms with van der Waals surface area (Å²) in [5.41, 5.74) is 0. The third-order valence-electron chi connectivity index (χ3n) is 6.77. The number of esters is 1. The van der Waals surface area contributed by atoms with Crippen LogP contribution in [0.2, 0.25) is 0 Å². The average Bonchev–Trinajstić information content (AvgIpc) is 3.50. The van der Waals surface area contributed by atoms with E-state index in [1.54, 1.807) is 0 Å². The molecule has 0 saturated heterocycles. The second-order valence-corrected chi connectivity index (χ2v) is 11.6. The maximum atomic E-state index is 11.6. The largest absolute Gasteiger partial charge is 0.464 e. The van der Waals surface area contributed by atoms with Gasteiger partial charge < -0.3 is 19.7 Å². The maximum Gasteiger partial charge on any atom is 0.329 e. The topological polar surface area (TPSA) is 142 Å². The first kappa shape index (κ1) is 42.7. The number of carbonyl (C=O) groups excluding carboxylic acids is 4. The van der Waals surface area contributed by atoms with Crippen LogP contribution in [-0.2, 0) is 28.8 Å². The molecule has 1 saturated carbocycles. The molecule has 1 unspecified atom stereocenters. The standard InChI is InChI=1S/C15H28O.C10H18N2O6S.C7H12O/c1-2-3-4-5-6-11-15(16)13-12-14-9-7-8-10-14;1-8(13)11-9(7-19-2)10(14)17-5-3-4-6-18-12(15)16;1-2-3-4-5-6-7-8/h14H,2-13H2,1H3;9H,3-7H2,1-2H3,(H,11,13);2-3,7H,4-6H2,1H3/b;;3-2-. The fourth-order valence-corrected chi connectivity index (χ4v) is 4.95. The summed E-state index contributed by atoms with van der Waals surface area (Å²) in [6.45, 7) is 5.66. The first-order valence-corrected chi connectivity index (χ1v) is 17.4. The lowest BCUT2D eigenvalue weighted by Crippen LogP contribution is -2.42. The molecule has 0 aromatic heterocycles. The number of unbranched alkanes of at least 4 members (excludes halogenated alkanes) is 7. The summed E-state index contributed by atoms with van der Waals surface area (Å²) in [7, 11) is 0. The van der Waals surface area contributed by atoms with Crippen molar-refractivity contribution in [2.45, 2.75) is 136 Å². The number of carbonyl (C=O) groups is 4. The zero-order valence-electron chi connectivity index (χ0n) is 27.2. The third kappa shape index (κ3) is 32.3. The average molecular weight is 631 g/mol. The van der Waals surface area contributed by atoms with Gasteiger partial charge in [-0.15, -0.1) is 10.1 Å². The molecule has 0 aromatic rings. The summed E-state index contributed by atoms with van der Waals surface area (Å²) in [6, 6.07) is -0.664. The lowest BCUT2D eigenvalue weighted by atomic mass is 9.98. The molecular formula is C32H58N2O8S. The van der Waals surface area contributed by atoms with Gasteiger partial charge in [0.05, 0.1) is 13.2 Å². The molecule has 1 aliphatic carbocycles. The van der Waals surface area contributed by atoms with Gasteiger partial charge in [0.1, 0.15) is 18.1 Å². The van der Waals surface area contributed by atoms with Crippen LogP contribution in [0.5, 0.6) is 0 Å². The minimum Gasteiger partial charge on any atom is -0.464 e. The number of aldehydes is 1. The van der Waals surface area contributed by atoms with Crippen LogP contribution in [0.15, 0.2) is 12.2 Å². The van der Waals surface area contributed by atoms with E-state index in [1.165, 1.54) is 76.5 Å². The lowest BCUT2D eigenvalue weighted by molar-refractivity contribution is -0.757. The predicted octanol–water partition coefficient (Wildman–Crippen LogP) is 7.20. The highest BCUT2D eigenvalue weighted by atomic mass is 32.2. The number of ketones is 1. The Hall–Kier alpha value is -2.43. The Kier molecular flexibility index (Phi) is 32.3. The summed E-state index contributed by atoms with van der Waals surface area (Å²) < 4.78 is 4.97. The van der Waals surface area contributed by atoms with Crippen molar-refractivity contribution >= 4 is 35.7 Å². The van der Waals surface area contributed by atoms with Crippen molar-refractivity contribution in [1.29, 1.82) is 0 Å². The Morgan fingerprint density at radius 1 is 1.00 bits per heavy atom. The molecule has 0 aromatic carbocycles. The third-order valence-corrected chi connectivity index (χ3v) is 7.44. The van der Waals surface area contributed by atoms with E-state index in [1.807, 2.05) is 19.3 Å². The summed E-state index contributed by atoms with van der Waals surface area (Å²) in [6.07, 6.45) is 25.2. The van der Waals surface area contributed by atoms with E-state index in [9.17, 15) is 29.3 Å². The van der Waals surface area contributed by atoms with E-state index in [4.69, 9.17) is 4.74 Å². The van der Waals surface area contributed by atoms with Crippen molar-refractivity contribution in [2.24, 2.45) is 5.92 Å². The van der Waals surface area contributed by atoms with Crippen molar-refractivity contribution in [3.63, 3.8) is 0 Å². The van der Waals surface area contributed by atoms with Crippen molar-refractivity contribution in [3.05, 3.63) is 22.3 Å². The number of nitrogens with one attached hydrogen (secondary N) is 1. The van der Waals surface area contributed by atoms with Gasteiger partial charge in [0.25, 0.3) is 5.09 Å². The summed E-state index contributed by atoms with van der Waals surface area (Å²) in [5, 5.41) is 11.5. The zero-order valence-corrected chi connectivity index (χ0v) is 28.0. The molecule has 43 heavy (non-hydrogen) atoms. The molecule has 250 valence electrons. The summed E-state index contributed by atoms with van der Waals surface area (Å²) >= 11 is 1.42. The molecule has 10 nitrogen and oxygen atoms in total. The second kappa shape index (κ2) is 32.5. The van der Waals surface area contributed by atoms with E-state index in [2.05, 4.69) is 23.2 Å². The number of nitrogens with zero attached hydrogens (tertiary/aromatic N) is 1. The quantitative estimate of drug-likeness (QED) is 0.0309. The van der Waals surface area contributed by atoms with E-state index in [-0.39, 0.29) is 19.1 Å². The van der Waals surface area contributed by atoms with Gasteiger partial charge in [-0.25, -0.2) is 4.79 Å². The summed E-state index contributed by atoms with van der Waals surface area (Å²) in [4.78, 5) is 57.9. The molecule has 1 atom stereocenters. The fourth-order valence-electron chi connectivity index (χ4n) is 4.40. The lowest BCUT2D eigenvalue weighted by Gasteiger charge is -2.15. The minimum atomic E-state index is -0.864. The molecule has 1 fully saturated rings. The van der Waals surface area contributed by atoms with Crippen molar-refractivity contribution in [2.75, 3.05) is 25.2 Å². The second-order valence-electron chi connectivity index (χ2n) is 10.7. The van der Waals surface area contributed by atoms with Crippen LogP contribution in [0.25, 0.3) is 0 Å². The summed E-state index contributed by atoms with van der Waals surface area (Å²) in [5.74, 6) is 1.03. The Labute approximate surface area is 264 Å². The molecule has 0 heterocycles. The number of hydrogen-bond acceptors (Lipinski definition) is 9.